The van der Waals surface area contributed by atoms with Crippen molar-refractivity contribution in [2.75, 3.05) is 17.2 Å². The Labute approximate surface area is 166 Å². The van der Waals surface area contributed by atoms with E-state index in [0.29, 0.717) is 18.4 Å². The van der Waals surface area contributed by atoms with Crippen LogP contribution < -0.4 is 16.0 Å². The van der Waals surface area contributed by atoms with Gasteiger partial charge in [-0.05, 0) is 43.2 Å². The van der Waals surface area contributed by atoms with Crippen LogP contribution in [0, 0.1) is 0 Å². The SMILES string of the molecule is CCC(CCO)NC(=O)Nc1ccc(NC(=O)c2ccccc2)cc1C(F)(F)F. The maximum absolute atomic E-state index is 13.5. The Morgan fingerprint density at radius 1 is 1.07 bits per heavy atom. The molecule has 3 amide bonds. The second kappa shape index (κ2) is 9.92. The molecule has 0 aromatic heterocycles. The van der Waals surface area contributed by atoms with E-state index in [2.05, 4.69) is 16.0 Å². The zero-order chi connectivity index (χ0) is 21.4. The Morgan fingerprint density at radius 2 is 1.76 bits per heavy atom. The molecule has 0 spiro atoms. The molecule has 4 N–H and O–H groups in total. The lowest BCUT2D eigenvalue weighted by molar-refractivity contribution is -0.136. The fraction of sp³-hybridized carbons (Fsp3) is 0.300. The molecule has 0 saturated heterocycles. The number of halogens is 3. The predicted octanol–water partition coefficient (Wildman–Crippen LogP) is 4.24. The lowest BCUT2D eigenvalue weighted by Gasteiger charge is -2.19. The van der Waals surface area contributed by atoms with Crippen molar-refractivity contribution in [3.05, 3.63) is 59.7 Å². The molecule has 0 aliphatic heterocycles. The van der Waals surface area contributed by atoms with Gasteiger partial charge in [0.05, 0.1) is 11.3 Å². The minimum atomic E-state index is -4.74. The van der Waals surface area contributed by atoms with Gasteiger partial charge in [-0.3, -0.25) is 4.79 Å². The average Bonchev–Trinajstić information content (AvgIpc) is 2.68. The second-order valence-corrected chi connectivity index (χ2v) is 6.29. The fourth-order valence-corrected chi connectivity index (χ4v) is 2.64. The summed E-state index contributed by atoms with van der Waals surface area (Å²) in [5.74, 6) is -0.549. The largest absolute Gasteiger partial charge is 0.418 e. The Kier molecular flexibility index (Phi) is 7.60. The fourth-order valence-electron chi connectivity index (χ4n) is 2.64. The molecular weight excluding hydrogens is 387 g/mol. The van der Waals surface area contributed by atoms with Crippen LogP contribution in [0.3, 0.4) is 0 Å². The van der Waals surface area contributed by atoms with Crippen molar-refractivity contribution in [1.29, 1.82) is 0 Å². The van der Waals surface area contributed by atoms with E-state index in [4.69, 9.17) is 5.11 Å². The number of rotatable bonds is 7. The van der Waals surface area contributed by atoms with Crippen molar-refractivity contribution < 1.29 is 27.9 Å². The van der Waals surface area contributed by atoms with Crippen molar-refractivity contribution in [1.82, 2.24) is 5.32 Å². The van der Waals surface area contributed by atoms with Crippen molar-refractivity contribution in [2.24, 2.45) is 0 Å². The molecule has 1 unspecified atom stereocenters. The predicted molar refractivity (Wildman–Crippen MR) is 104 cm³/mol. The summed E-state index contributed by atoms with van der Waals surface area (Å²) in [6, 6.07) is 10.0. The van der Waals surface area contributed by atoms with Crippen LogP contribution in [0.2, 0.25) is 0 Å². The van der Waals surface area contributed by atoms with E-state index in [1.807, 2.05) is 0 Å². The van der Waals surface area contributed by atoms with E-state index in [9.17, 15) is 22.8 Å². The van der Waals surface area contributed by atoms with Crippen LogP contribution in [-0.4, -0.2) is 29.7 Å². The van der Waals surface area contributed by atoms with E-state index < -0.39 is 29.4 Å². The van der Waals surface area contributed by atoms with Crippen LogP contribution in [0.4, 0.5) is 29.3 Å². The summed E-state index contributed by atoms with van der Waals surface area (Å²) in [4.78, 5) is 24.2. The number of amides is 3. The number of aliphatic hydroxyl groups is 1. The van der Waals surface area contributed by atoms with Crippen LogP contribution >= 0.6 is 0 Å². The van der Waals surface area contributed by atoms with E-state index in [1.54, 1.807) is 25.1 Å². The highest BCUT2D eigenvalue weighted by Gasteiger charge is 2.34. The molecule has 6 nitrogen and oxygen atoms in total. The summed E-state index contributed by atoms with van der Waals surface area (Å²) in [6.45, 7) is 1.63. The molecule has 1 atom stereocenters. The van der Waals surface area contributed by atoms with Crippen LogP contribution in [-0.2, 0) is 6.18 Å². The van der Waals surface area contributed by atoms with Gasteiger partial charge >= 0.3 is 12.2 Å². The van der Waals surface area contributed by atoms with Gasteiger partial charge in [-0.2, -0.15) is 13.2 Å². The first-order valence-corrected chi connectivity index (χ1v) is 9.00. The molecule has 0 radical (unpaired) electrons. The molecule has 0 aliphatic rings. The van der Waals surface area contributed by atoms with Crippen molar-refractivity contribution in [3.8, 4) is 0 Å². The molecular formula is C20H22F3N3O3. The summed E-state index contributed by atoms with van der Waals surface area (Å²) < 4.78 is 40.4. The van der Waals surface area contributed by atoms with E-state index in [-0.39, 0.29) is 18.3 Å². The molecule has 2 aromatic carbocycles. The van der Waals surface area contributed by atoms with Gasteiger partial charge in [0.2, 0.25) is 0 Å². The van der Waals surface area contributed by atoms with Gasteiger partial charge in [-0.25, -0.2) is 4.79 Å². The highest BCUT2D eigenvalue weighted by atomic mass is 19.4. The minimum Gasteiger partial charge on any atom is -0.396 e. The Morgan fingerprint density at radius 3 is 2.34 bits per heavy atom. The van der Waals surface area contributed by atoms with Crippen LogP contribution in [0.15, 0.2) is 48.5 Å². The lowest BCUT2D eigenvalue weighted by atomic mass is 10.1. The number of carbonyl (C=O) groups is 2. The number of urea groups is 1. The minimum absolute atomic E-state index is 0.0520. The summed E-state index contributed by atoms with van der Waals surface area (Å²) >= 11 is 0. The van der Waals surface area contributed by atoms with Crippen LogP contribution in [0.25, 0.3) is 0 Å². The number of benzene rings is 2. The molecule has 29 heavy (non-hydrogen) atoms. The van der Waals surface area contributed by atoms with Crippen LogP contribution in [0.1, 0.15) is 35.7 Å². The summed E-state index contributed by atoms with van der Waals surface area (Å²) in [6.07, 6.45) is -3.93. The topological polar surface area (TPSA) is 90.5 Å². The van der Waals surface area contributed by atoms with Gasteiger partial charge in [0.1, 0.15) is 0 Å². The number of hydrogen-bond donors (Lipinski definition) is 4. The molecule has 9 heteroatoms. The van der Waals surface area contributed by atoms with E-state index in [0.717, 1.165) is 12.1 Å². The highest BCUT2D eigenvalue weighted by molar-refractivity contribution is 6.04. The summed E-state index contributed by atoms with van der Waals surface area (Å²) in [5, 5.41) is 16.1. The smallest absolute Gasteiger partial charge is 0.396 e. The molecule has 0 saturated carbocycles. The monoisotopic (exact) mass is 409 g/mol. The normalized spacial score (nSPS) is 12.2. The molecule has 2 aromatic rings. The first-order valence-electron chi connectivity index (χ1n) is 9.00. The third-order valence-corrected chi connectivity index (χ3v) is 4.17. The van der Waals surface area contributed by atoms with Gasteiger partial charge in [0, 0.05) is 23.9 Å². The van der Waals surface area contributed by atoms with E-state index >= 15 is 0 Å². The first-order chi connectivity index (χ1) is 13.7. The maximum atomic E-state index is 13.5. The molecule has 0 bridgehead atoms. The number of carbonyl (C=O) groups excluding carboxylic acids is 2. The highest BCUT2D eigenvalue weighted by Crippen LogP contribution is 2.36. The lowest BCUT2D eigenvalue weighted by Crippen LogP contribution is -2.38. The number of hydrogen-bond acceptors (Lipinski definition) is 3. The van der Waals surface area contributed by atoms with Crippen molar-refractivity contribution >= 4 is 23.3 Å². The first kappa shape index (κ1) is 22.2. The van der Waals surface area contributed by atoms with Gasteiger partial charge in [0.15, 0.2) is 0 Å². The summed E-state index contributed by atoms with van der Waals surface area (Å²) in [7, 11) is 0. The van der Waals surface area contributed by atoms with E-state index in [1.165, 1.54) is 18.2 Å². The zero-order valence-electron chi connectivity index (χ0n) is 15.7. The molecule has 0 aliphatic carbocycles. The Hall–Kier alpha value is -3.07. The van der Waals surface area contributed by atoms with Gasteiger partial charge in [-0.1, -0.05) is 25.1 Å². The molecule has 0 heterocycles. The molecule has 156 valence electrons. The van der Waals surface area contributed by atoms with Crippen molar-refractivity contribution in [3.63, 3.8) is 0 Å². The Bertz CT molecular complexity index is 842. The number of aliphatic hydroxyl groups excluding tert-OH is 1. The quantitative estimate of drug-likeness (QED) is 0.551. The number of anilines is 2. The molecule has 2 rings (SSSR count). The van der Waals surface area contributed by atoms with Gasteiger partial charge in [-0.15, -0.1) is 0 Å². The van der Waals surface area contributed by atoms with Crippen LogP contribution in [0.5, 0.6) is 0 Å². The maximum Gasteiger partial charge on any atom is 0.418 e. The third kappa shape index (κ3) is 6.49. The Balaban J connectivity index is 2.19. The van der Waals surface area contributed by atoms with Gasteiger partial charge in [0.25, 0.3) is 5.91 Å². The second-order valence-electron chi connectivity index (χ2n) is 6.29. The molecule has 0 fully saturated rings. The number of alkyl halides is 3. The summed E-state index contributed by atoms with van der Waals surface area (Å²) in [5.41, 5.74) is -1.28. The average molecular weight is 409 g/mol. The zero-order valence-corrected chi connectivity index (χ0v) is 15.7. The number of nitrogens with one attached hydrogen (secondary N) is 3. The van der Waals surface area contributed by atoms with Crippen molar-refractivity contribution in [2.45, 2.75) is 32.0 Å². The standard InChI is InChI=1S/C20H22F3N3O3/c1-2-14(10-11-27)25-19(29)26-17-9-8-15(12-16(17)20(21,22)23)24-18(28)13-6-4-3-5-7-13/h3-9,12,14,27H,2,10-11H2,1H3,(H,24,28)(H2,25,26,29). The van der Waals surface area contributed by atoms with Gasteiger partial charge < -0.3 is 21.1 Å². The third-order valence-electron chi connectivity index (χ3n) is 4.17.